The van der Waals surface area contributed by atoms with Crippen LogP contribution in [0.4, 0.5) is 0 Å². The maximum atomic E-state index is 11.9. The Hall–Kier alpha value is -2.43. The lowest BCUT2D eigenvalue weighted by atomic mass is 9.81. The standard InChI is InChI=1S/C37H49ClO12/c1-6-10-25(37-33(43)30(40)31(41)35(45-5,50-37)21-48-37)11-8-9-18-47-34(4)22(3)29(39)32(42)36(44,49-34)26-14-17-28(38)24(20-26)19-23-12-15-27(16-13-23)46-7-2/h6,10-17,20,22,29-33,39-44H,7-9,18-19,21H2,1-5H3. The van der Waals surface area contributed by atoms with E-state index in [9.17, 15) is 30.6 Å². The van der Waals surface area contributed by atoms with Gasteiger partial charge in [-0.05, 0) is 75.4 Å². The van der Waals surface area contributed by atoms with E-state index in [0.717, 1.165) is 11.3 Å². The second-order valence-electron chi connectivity index (χ2n) is 13.2. The Labute approximate surface area is 297 Å². The molecule has 0 amide bonds. The van der Waals surface area contributed by atoms with E-state index >= 15 is 0 Å². The Morgan fingerprint density at radius 3 is 2.38 bits per heavy atom. The number of fused-ring (bicyclic) bond motifs is 2. The summed E-state index contributed by atoms with van der Waals surface area (Å²) in [6.07, 6.45) is -1.38. The van der Waals surface area contributed by atoms with Crippen molar-refractivity contribution in [1.82, 2.24) is 0 Å². The topological polar surface area (TPSA) is 177 Å². The Morgan fingerprint density at radius 2 is 1.72 bits per heavy atom. The van der Waals surface area contributed by atoms with Crippen molar-refractivity contribution < 1.29 is 59.1 Å². The van der Waals surface area contributed by atoms with Crippen molar-refractivity contribution in [3.8, 4) is 5.75 Å². The third-order valence-corrected chi connectivity index (χ3v) is 10.4. The molecule has 0 aliphatic carbocycles. The number of unbranched alkanes of at least 4 members (excludes halogenated alkanes) is 1. The predicted molar refractivity (Wildman–Crippen MR) is 182 cm³/mol. The van der Waals surface area contributed by atoms with Gasteiger partial charge in [0, 0.05) is 29.2 Å². The number of benzene rings is 2. The zero-order valence-electron chi connectivity index (χ0n) is 29.0. The monoisotopic (exact) mass is 720 g/mol. The molecule has 3 heterocycles. The fourth-order valence-electron chi connectivity index (χ4n) is 6.82. The summed E-state index contributed by atoms with van der Waals surface area (Å²) in [6.45, 7) is 7.42. The molecule has 10 unspecified atom stereocenters. The number of rotatable bonds is 13. The molecule has 2 bridgehead atoms. The number of allylic oxidation sites excluding steroid dienone is 2. The Balaban J connectivity index is 1.29. The van der Waals surface area contributed by atoms with Gasteiger partial charge >= 0.3 is 0 Å². The number of ether oxygens (including phenoxy) is 6. The van der Waals surface area contributed by atoms with Crippen molar-refractivity contribution in [2.75, 3.05) is 26.9 Å². The number of hydrogen-bond acceptors (Lipinski definition) is 12. The molecule has 0 aromatic heterocycles. The van der Waals surface area contributed by atoms with E-state index in [2.05, 4.69) is 0 Å². The molecule has 50 heavy (non-hydrogen) atoms. The van der Waals surface area contributed by atoms with Gasteiger partial charge in [-0.3, -0.25) is 0 Å². The molecule has 2 aromatic carbocycles. The molecule has 3 saturated heterocycles. The van der Waals surface area contributed by atoms with Crippen LogP contribution in [0.2, 0.25) is 5.02 Å². The molecule has 5 rings (SSSR count). The van der Waals surface area contributed by atoms with Crippen LogP contribution in [-0.2, 0) is 35.9 Å². The quantitative estimate of drug-likeness (QED) is 0.132. The summed E-state index contributed by atoms with van der Waals surface area (Å²) in [5.41, 5.74) is 2.26. The summed E-state index contributed by atoms with van der Waals surface area (Å²) >= 11 is 6.55. The van der Waals surface area contributed by atoms with E-state index < -0.39 is 59.6 Å². The van der Waals surface area contributed by atoms with E-state index in [1.807, 2.05) is 31.2 Å². The van der Waals surface area contributed by atoms with Gasteiger partial charge in [-0.2, -0.15) is 0 Å². The summed E-state index contributed by atoms with van der Waals surface area (Å²) < 4.78 is 35.2. The van der Waals surface area contributed by atoms with Crippen LogP contribution in [0, 0.1) is 5.92 Å². The van der Waals surface area contributed by atoms with Gasteiger partial charge < -0.3 is 59.1 Å². The lowest BCUT2D eigenvalue weighted by molar-refractivity contribution is -0.430. The summed E-state index contributed by atoms with van der Waals surface area (Å²) in [6, 6.07) is 12.4. The first-order valence-electron chi connectivity index (χ1n) is 16.9. The van der Waals surface area contributed by atoms with Crippen molar-refractivity contribution in [2.45, 2.75) is 101 Å². The van der Waals surface area contributed by atoms with E-state index in [4.69, 9.17) is 40.0 Å². The first kappa shape index (κ1) is 38.8. The zero-order chi connectivity index (χ0) is 36.5. The van der Waals surface area contributed by atoms with Crippen LogP contribution in [0.5, 0.6) is 5.75 Å². The number of methoxy groups -OCH3 is 1. The van der Waals surface area contributed by atoms with Gasteiger partial charge in [-0.15, -0.1) is 0 Å². The van der Waals surface area contributed by atoms with Crippen LogP contribution >= 0.6 is 11.6 Å². The van der Waals surface area contributed by atoms with Crippen molar-refractivity contribution in [3.05, 3.63) is 88.0 Å². The summed E-state index contributed by atoms with van der Waals surface area (Å²) in [5.74, 6) is -7.26. The molecular formula is C37H49ClO12. The van der Waals surface area contributed by atoms with Crippen molar-refractivity contribution >= 4 is 11.6 Å². The second kappa shape index (κ2) is 15.3. The van der Waals surface area contributed by atoms with Crippen molar-refractivity contribution in [2.24, 2.45) is 5.92 Å². The lowest BCUT2D eigenvalue weighted by Crippen LogP contribution is -2.66. The highest BCUT2D eigenvalue weighted by Gasteiger charge is 2.68. The van der Waals surface area contributed by atoms with Gasteiger partial charge in [0.05, 0.1) is 19.3 Å². The van der Waals surface area contributed by atoms with Crippen molar-refractivity contribution in [3.63, 3.8) is 0 Å². The highest BCUT2D eigenvalue weighted by molar-refractivity contribution is 6.31. The summed E-state index contributed by atoms with van der Waals surface area (Å²) in [4.78, 5) is 0. The summed E-state index contributed by atoms with van der Waals surface area (Å²) in [5, 5.41) is 66.7. The molecule has 2 aromatic rings. The fourth-order valence-corrected chi connectivity index (χ4v) is 7.00. The van der Waals surface area contributed by atoms with E-state index in [-0.39, 0.29) is 18.8 Å². The van der Waals surface area contributed by atoms with E-state index in [1.54, 1.807) is 57.2 Å². The Kier molecular flexibility index (Phi) is 11.9. The average molecular weight is 721 g/mol. The van der Waals surface area contributed by atoms with Crippen LogP contribution in [0.1, 0.15) is 57.2 Å². The van der Waals surface area contributed by atoms with Crippen molar-refractivity contribution in [1.29, 1.82) is 0 Å². The Morgan fingerprint density at radius 1 is 1.00 bits per heavy atom. The molecular weight excluding hydrogens is 672 g/mol. The smallest absolute Gasteiger partial charge is 0.227 e. The predicted octanol–water partition coefficient (Wildman–Crippen LogP) is 3.06. The van der Waals surface area contributed by atoms with Crippen LogP contribution in [0.3, 0.4) is 0 Å². The van der Waals surface area contributed by atoms with E-state index in [0.29, 0.717) is 42.0 Å². The fraction of sp³-hybridized carbons (Fsp3) is 0.568. The maximum Gasteiger partial charge on any atom is 0.227 e. The number of aliphatic hydroxyl groups is 6. The van der Waals surface area contributed by atoms with E-state index in [1.165, 1.54) is 7.11 Å². The van der Waals surface area contributed by atoms with Crippen LogP contribution in [0.15, 0.2) is 66.3 Å². The molecule has 276 valence electrons. The molecule has 10 atom stereocenters. The van der Waals surface area contributed by atoms with Gasteiger partial charge in [0.2, 0.25) is 17.4 Å². The third kappa shape index (κ3) is 7.02. The van der Waals surface area contributed by atoms with Gasteiger partial charge in [0.25, 0.3) is 0 Å². The molecule has 0 radical (unpaired) electrons. The average Bonchev–Trinajstić information content (AvgIpc) is 3.49. The first-order valence-corrected chi connectivity index (χ1v) is 17.3. The minimum atomic E-state index is -2.33. The van der Waals surface area contributed by atoms with Gasteiger partial charge in [-0.1, -0.05) is 55.0 Å². The summed E-state index contributed by atoms with van der Waals surface area (Å²) in [7, 11) is 1.32. The lowest BCUT2D eigenvalue weighted by Gasteiger charge is -2.51. The molecule has 0 saturated carbocycles. The number of halogens is 1. The number of aliphatic hydroxyl groups excluding tert-OH is 5. The molecule has 3 fully saturated rings. The van der Waals surface area contributed by atoms with Gasteiger partial charge in [0.1, 0.15) is 36.8 Å². The van der Waals surface area contributed by atoms with Crippen LogP contribution in [0.25, 0.3) is 0 Å². The molecule has 0 spiro atoms. The normalized spacial score (nSPS) is 37.4. The molecule has 13 heteroatoms. The number of hydrogen-bond donors (Lipinski definition) is 6. The second-order valence-corrected chi connectivity index (χ2v) is 13.6. The van der Waals surface area contributed by atoms with Gasteiger partial charge in [0.15, 0.2) is 5.79 Å². The SMILES string of the molecule is CC=CC(=CCCCOC1(C)OC(O)(c2ccc(Cl)c(Cc3ccc(OCC)cc3)c2)C(O)C(O)C1C)C12OCC(OC)(O1)C(O)C(O)C2O. The minimum Gasteiger partial charge on any atom is -0.494 e. The zero-order valence-corrected chi connectivity index (χ0v) is 29.7. The van der Waals surface area contributed by atoms with Crippen LogP contribution < -0.4 is 4.74 Å². The van der Waals surface area contributed by atoms with Crippen LogP contribution in [-0.4, -0.2) is 105 Å². The highest BCUT2D eigenvalue weighted by atomic mass is 35.5. The minimum absolute atomic E-state index is 0.115. The first-order chi connectivity index (χ1) is 23.7. The largest absolute Gasteiger partial charge is 0.494 e. The maximum absolute atomic E-state index is 11.9. The molecule has 12 nitrogen and oxygen atoms in total. The Bertz CT molecular complexity index is 1530. The molecule has 3 aliphatic rings. The molecule has 6 N–H and O–H groups in total. The third-order valence-electron chi connectivity index (χ3n) is 10.0. The highest BCUT2D eigenvalue weighted by Crippen LogP contribution is 2.49. The molecule has 3 aliphatic heterocycles. The van der Waals surface area contributed by atoms with Gasteiger partial charge in [-0.25, -0.2) is 0 Å².